The normalized spacial score (nSPS) is 21.1. The number of hydrogen-bond acceptors (Lipinski definition) is 3. The summed E-state index contributed by atoms with van der Waals surface area (Å²) in [5, 5.41) is 0.899. The van der Waals surface area contributed by atoms with Gasteiger partial charge in [-0.25, -0.2) is 0 Å². The second-order valence-electron chi connectivity index (χ2n) is 4.55. The lowest BCUT2D eigenvalue weighted by molar-refractivity contribution is -0.122. The van der Waals surface area contributed by atoms with Gasteiger partial charge in [0.05, 0.1) is 0 Å². The highest BCUT2D eigenvalue weighted by Crippen LogP contribution is 2.39. The van der Waals surface area contributed by atoms with Gasteiger partial charge in [0.25, 0.3) is 0 Å². The lowest BCUT2D eigenvalue weighted by Crippen LogP contribution is -2.06. The van der Waals surface area contributed by atoms with Gasteiger partial charge in [0.1, 0.15) is 5.78 Å². The Morgan fingerprint density at radius 2 is 2.13 bits per heavy atom. The first-order chi connectivity index (χ1) is 7.20. The molecule has 0 saturated carbocycles. The maximum atomic E-state index is 11.4. The second-order valence-corrected chi connectivity index (χ2v) is 7.34. The molecule has 0 amide bonds. The Bertz CT molecular complexity index is 186. The molecule has 0 bridgehead atoms. The van der Waals surface area contributed by atoms with Gasteiger partial charge in [0.15, 0.2) is 0 Å². The predicted molar refractivity (Wildman–Crippen MR) is 71.4 cm³/mol. The molecule has 0 spiro atoms. The molecule has 0 aromatic rings. The Kier molecular flexibility index (Phi) is 6.82. The molecule has 3 heteroatoms. The molecule has 1 atom stereocenters. The van der Waals surface area contributed by atoms with E-state index in [1.165, 1.54) is 31.4 Å². The fraction of sp³-hybridized carbons (Fsp3) is 0.917. The van der Waals surface area contributed by atoms with Gasteiger partial charge in [-0.2, -0.15) is 0 Å². The van der Waals surface area contributed by atoms with Crippen LogP contribution in [0.1, 0.15) is 52.4 Å². The van der Waals surface area contributed by atoms with Crippen molar-refractivity contribution in [2.75, 3.05) is 5.75 Å². The highest BCUT2D eigenvalue weighted by atomic mass is 33.1. The first-order valence-electron chi connectivity index (χ1n) is 6.01. The highest BCUT2D eigenvalue weighted by Gasteiger charge is 2.15. The minimum atomic E-state index is 0.229. The summed E-state index contributed by atoms with van der Waals surface area (Å²) in [5.41, 5.74) is 0. The SMILES string of the molecule is CC(C)C(=O)CCCCCC1CCSS1. The fourth-order valence-corrected chi connectivity index (χ4v) is 4.73. The van der Waals surface area contributed by atoms with Crippen LogP contribution in [0.15, 0.2) is 0 Å². The van der Waals surface area contributed by atoms with E-state index in [0.29, 0.717) is 5.78 Å². The molecule has 88 valence electrons. The van der Waals surface area contributed by atoms with Crippen molar-refractivity contribution >= 4 is 27.4 Å². The molecule has 1 aliphatic rings. The average molecular weight is 246 g/mol. The van der Waals surface area contributed by atoms with Crippen molar-refractivity contribution in [1.82, 2.24) is 0 Å². The molecule has 1 aliphatic heterocycles. The van der Waals surface area contributed by atoms with Crippen molar-refractivity contribution in [3.63, 3.8) is 0 Å². The van der Waals surface area contributed by atoms with Gasteiger partial charge in [-0.3, -0.25) is 4.79 Å². The maximum Gasteiger partial charge on any atom is 0.135 e. The van der Waals surface area contributed by atoms with E-state index in [-0.39, 0.29) is 5.92 Å². The Balaban J connectivity index is 1.90. The van der Waals surface area contributed by atoms with Crippen molar-refractivity contribution in [3.8, 4) is 0 Å². The van der Waals surface area contributed by atoms with E-state index in [1.54, 1.807) is 0 Å². The topological polar surface area (TPSA) is 17.1 Å². The standard InChI is InChI=1S/C12H22OS2/c1-10(2)12(13)7-5-3-4-6-11-8-9-14-15-11/h10-11H,3-9H2,1-2H3. The van der Waals surface area contributed by atoms with Crippen LogP contribution in [-0.2, 0) is 4.79 Å². The Hall–Kier alpha value is 0.370. The minimum absolute atomic E-state index is 0.229. The Morgan fingerprint density at radius 3 is 2.73 bits per heavy atom. The zero-order valence-electron chi connectivity index (χ0n) is 9.83. The van der Waals surface area contributed by atoms with Crippen molar-refractivity contribution in [3.05, 3.63) is 0 Å². The van der Waals surface area contributed by atoms with Crippen LogP contribution >= 0.6 is 21.6 Å². The molecule has 15 heavy (non-hydrogen) atoms. The fourth-order valence-electron chi connectivity index (χ4n) is 1.70. The Labute approximate surface area is 102 Å². The average Bonchev–Trinajstić information content (AvgIpc) is 2.69. The molecule has 1 heterocycles. The van der Waals surface area contributed by atoms with Crippen LogP contribution in [0.4, 0.5) is 0 Å². The molecule has 1 fully saturated rings. The molecule has 1 rings (SSSR count). The van der Waals surface area contributed by atoms with E-state index in [9.17, 15) is 4.79 Å². The number of carbonyl (C=O) groups is 1. The van der Waals surface area contributed by atoms with Gasteiger partial charge >= 0.3 is 0 Å². The van der Waals surface area contributed by atoms with Crippen molar-refractivity contribution < 1.29 is 4.79 Å². The smallest absolute Gasteiger partial charge is 0.135 e. The van der Waals surface area contributed by atoms with E-state index in [0.717, 1.165) is 18.1 Å². The Morgan fingerprint density at radius 1 is 1.33 bits per heavy atom. The molecule has 0 aromatic heterocycles. The number of unbranched alkanes of at least 4 members (excludes halogenated alkanes) is 2. The summed E-state index contributed by atoms with van der Waals surface area (Å²) < 4.78 is 0. The third-order valence-electron chi connectivity index (χ3n) is 2.82. The number of ketones is 1. The predicted octanol–water partition coefficient (Wildman–Crippen LogP) is 4.32. The van der Waals surface area contributed by atoms with E-state index >= 15 is 0 Å². The van der Waals surface area contributed by atoms with Crippen molar-refractivity contribution in [2.24, 2.45) is 5.92 Å². The summed E-state index contributed by atoms with van der Waals surface area (Å²) in [6, 6.07) is 0. The first kappa shape index (κ1) is 13.4. The van der Waals surface area contributed by atoms with Crippen LogP contribution in [0, 0.1) is 5.92 Å². The van der Waals surface area contributed by atoms with Gasteiger partial charge < -0.3 is 0 Å². The summed E-state index contributed by atoms with van der Waals surface area (Å²) >= 11 is 0. The third-order valence-corrected chi connectivity index (χ3v) is 5.83. The zero-order chi connectivity index (χ0) is 11.1. The number of Topliss-reactive ketones (excluding diaryl/α,β-unsaturated/α-hetero) is 1. The van der Waals surface area contributed by atoms with Crippen LogP contribution in [-0.4, -0.2) is 16.8 Å². The summed E-state index contributed by atoms with van der Waals surface area (Å²) in [7, 11) is 4.08. The van der Waals surface area contributed by atoms with Crippen molar-refractivity contribution in [1.29, 1.82) is 0 Å². The number of carbonyl (C=O) groups excluding carboxylic acids is 1. The molecular weight excluding hydrogens is 224 g/mol. The van der Waals surface area contributed by atoms with Gasteiger partial charge in [-0.05, 0) is 19.3 Å². The highest BCUT2D eigenvalue weighted by molar-refractivity contribution is 8.77. The van der Waals surface area contributed by atoms with E-state index < -0.39 is 0 Å². The zero-order valence-corrected chi connectivity index (χ0v) is 11.5. The number of hydrogen-bond donors (Lipinski definition) is 0. The van der Waals surface area contributed by atoms with Crippen LogP contribution < -0.4 is 0 Å². The lowest BCUT2D eigenvalue weighted by Gasteiger charge is -2.07. The van der Waals surface area contributed by atoms with Crippen LogP contribution in [0.5, 0.6) is 0 Å². The molecule has 0 radical (unpaired) electrons. The summed E-state index contributed by atoms with van der Waals surface area (Å²) in [6.07, 6.45) is 7.18. The lowest BCUT2D eigenvalue weighted by atomic mass is 10.0. The molecule has 1 unspecified atom stereocenters. The van der Waals surface area contributed by atoms with Crippen LogP contribution in [0.2, 0.25) is 0 Å². The van der Waals surface area contributed by atoms with Gasteiger partial charge in [0.2, 0.25) is 0 Å². The van der Waals surface area contributed by atoms with Gasteiger partial charge in [-0.1, -0.05) is 48.3 Å². The summed E-state index contributed by atoms with van der Waals surface area (Å²) in [6.45, 7) is 3.99. The molecule has 1 saturated heterocycles. The molecule has 0 aliphatic carbocycles. The quantitative estimate of drug-likeness (QED) is 0.492. The van der Waals surface area contributed by atoms with Crippen LogP contribution in [0.25, 0.3) is 0 Å². The van der Waals surface area contributed by atoms with Crippen LogP contribution in [0.3, 0.4) is 0 Å². The molecular formula is C12H22OS2. The largest absolute Gasteiger partial charge is 0.299 e. The first-order valence-corrected chi connectivity index (χ1v) is 8.39. The van der Waals surface area contributed by atoms with E-state index in [2.05, 4.69) is 10.8 Å². The summed E-state index contributed by atoms with van der Waals surface area (Å²) in [5.74, 6) is 1.99. The second kappa shape index (κ2) is 7.61. The number of rotatable bonds is 7. The minimum Gasteiger partial charge on any atom is -0.299 e. The monoisotopic (exact) mass is 246 g/mol. The molecule has 0 N–H and O–H groups in total. The van der Waals surface area contributed by atoms with E-state index in [4.69, 9.17) is 0 Å². The molecule has 0 aromatic carbocycles. The third kappa shape index (κ3) is 5.86. The van der Waals surface area contributed by atoms with E-state index in [1.807, 2.05) is 24.6 Å². The maximum absolute atomic E-state index is 11.4. The molecule has 1 nitrogen and oxygen atoms in total. The van der Waals surface area contributed by atoms with Gasteiger partial charge in [0, 0.05) is 23.3 Å². The van der Waals surface area contributed by atoms with Crippen molar-refractivity contribution in [2.45, 2.75) is 57.6 Å². The summed E-state index contributed by atoms with van der Waals surface area (Å²) in [4.78, 5) is 11.4. The van der Waals surface area contributed by atoms with Gasteiger partial charge in [-0.15, -0.1) is 0 Å².